The number of fused-ring (bicyclic) bond motifs is 1. The number of non-ortho nitro benzene ring substituents is 1. The summed E-state index contributed by atoms with van der Waals surface area (Å²) in [5.41, 5.74) is 0.866. The van der Waals surface area contributed by atoms with Crippen LogP contribution in [0.15, 0.2) is 48.5 Å². The van der Waals surface area contributed by atoms with E-state index in [1.54, 1.807) is 24.3 Å². The number of ether oxygens (including phenoxy) is 1. The maximum absolute atomic E-state index is 12.1. The fourth-order valence-corrected chi connectivity index (χ4v) is 2.53. The second kappa shape index (κ2) is 7.00. The molecule has 0 radical (unpaired) electrons. The van der Waals surface area contributed by atoms with Gasteiger partial charge in [0.15, 0.2) is 6.61 Å². The van der Waals surface area contributed by atoms with E-state index >= 15 is 0 Å². The summed E-state index contributed by atoms with van der Waals surface area (Å²) in [7, 11) is 0. The van der Waals surface area contributed by atoms with Crippen LogP contribution >= 0.6 is 0 Å². The highest BCUT2D eigenvalue weighted by Gasteiger charge is 2.25. The summed E-state index contributed by atoms with van der Waals surface area (Å²) >= 11 is 0. The topological polar surface area (TPSA) is 102 Å². The number of nitrogens with zero attached hydrogens (tertiary/aromatic N) is 2. The number of nitrogens with one attached hydrogen (secondary N) is 1. The highest BCUT2D eigenvalue weighted by Crippen LogP contribution is 2.31. The molecule has 2 aromatic carbocycles. The third-order valence-electron chi connectivity index (χ3n) is 3.71. The standard InChI is InChI=1S/C17H15N3O5/c21-16(18-12-4-3-5-13(10-12)20(23)24)8-9-19-14-6-1-2-7-15(14)25-11-17(19)22/h1-7,10H,8-9,11H2,(H,18,21). The van der Waals surface area contributed by atoms with Crippen LogP contribution in [0.3, 0.4) is 0 Å². The molecule has 0 unspecified atom stereocenters. The van der Waals surface area contributed by atoms with Crippen LogP contribution in [-0.2, 0) is 9.59 Å². The molecule has 8 nitrogen and oxygen atoms in total. The fourth-order valence-electron chi connectivity index (χ4n) is 2.53. The molecule has 1 N–H and O–H groups in total. The van der Waals surface area contributed by atoms with E-state index in [0.29, 0.717) is 17.1 Å². The lowest BCUT2D eigenvalue weighted by Gasteiger charge is -2.29. The van der Waals surface area contributed by atoms with E-state index in [4.69, 9.17) is 4.74 Å². The number of nitro groups is 1. The maximum Gasteiger partial charge on any atom is 0.271 e. The molecule has 0 saturated heterocycles. The van der Waals surface area contributed by atoms with E-state index in [2.05, 4.69) is 5.32 Å². The molecule has 0 aliphatic carbocycles. The van der Waals surface area contributed by atoms with Crippen LogP contribution in [0.4, 0.5) is 17.1 Å². The molecular weight excluding hydrogens is 326 g/mol. The van der Waals surface area contributed by atoms with Gasteiger partial charge in [-0.25, -0.2) is 0 Å². The first-order valence-corrected chi connectivity index (χ1v) is 7.61. The Morgan fingerprint density at radius 3 is 2.84 bits per heavy atom. The average molecular weight is 341 g/mol. The predicted molar refractivity (Wildman–Crippen MR) is 90.6 cm³/mol. The molecule has 0 bridgehead atoms. The van der Waals surface area contributed by atoms with Gasteiger partial charge in [0, 0.05) is 30.8 Å². The summed E-state index contributed by atoms with van der Waals surface area (Å²) in [5, 5.41) is 13.4. The Morgan fingerprint density at radius 2 is 2.04 bits per heavy atom. The lowest BCUT2D eigenvalue weighted by atomic mass is 10.2. The second-order valence-electron chi connectivity index (χ2n) is 5.41. The van der Waals surface area contributed by atoms with Gasteiger partial charge in [-0.15, -0.1) is 0 Å². The third-order valence-corrected chi connectivity index (χ3v) is 3.71. The summed E-state index contributed by atoms with van der Waals surface area (Å²) in [6, 6.07) is 12.8. The van der Waals surface area contributed by atoms with Gasteiger partial charge in [0.2, 0.25) is 5.91 Å². The van der Waals surface area contributed by atoms with Crippen molar-refractivity contribution in [3.8, 4) is 5.75 Å². The molecule has 2 aromatic rings. The van der Waals surface area contributed by atoms with Gasteiger partial charge in [0.05, 0.1) is 10.6 Å². The summed E-state index contributed by atoms with van der Waals surface area (Å²) < 4.78 is 5.35. The Balaban J connectivity index is 1.64. The number of rotatable bonds is 5. The third kappa shape index (κ3) is 3.74. The van der Waals surface area contributed by atoms with Crippen molar-refractivity contribution in [3.05, 3.63) is 58.6 Å². The molecule has 3 rings (SSSR count). The van der Waals surface area contributed by atoms with Gasteiger partial charge in [-0.05, 0) is 18.2 Å². The van der Waals surface area contributed by atoms with E-state index in [-0.39, 0.29) is 37.1 Å². The Morgan fingerprint density at radius 1 is 1.24 bits per heavy atom. The lowest BCUT2D eigenvalue weighted by molar-refractivity contribution is -0.384. The van der Waals surface area contributed by atoms with Crippen molar-refractivity contribution < 1.29 is 19.2 Å². The van der Waals surface area contributed by atoms with Crippen molar-refractivity contribution in [1.29, 1.82) is 0 Å². The number of hydrogen-bond donors (Lipinski definition) is 1. The number of carbonyl (C=O) groups is 2. The second-order valence-corrected chi connectivity index (χ2v) is 5.41. The molecular formula is C17H15N3O5. The van der Waals surface area contributed by atoms with Gasteiger partial charge in [-0.1, -0.05) is 18.2 Å². The molecule has 0 spiro atoms. The first-order chi connectivity index (χ1) is 12.0. The molecule has 8 heteroatoms. The Hall–Kier alpha value is -3.42. The van der Waals surface area contributed by atoms with Crippen molar-refractivity contribution in [1.82, 2.24) is 0 Å². The van der Waals surface area contributed by atoms with Gasteiger partial charge in [0.25, 0.3) is 11.6 Å². The quantitative estimate of drug-likeness (QED) is 0.664. The number of nitro benzene ring substituents is 1. The largest absolute Gasteiger partial charge is 0.482 e. The molecule has 0 atom stereocenters. The zero-order valence-corrected chi connectivity index (χ0v) is 13.2. The highest BCUT2D eigenvalue weighted by atomic mass is 16.6. The lowest BCUT2D eigenvalue weighted by Crippen LogP contribution is -2.40. The fraction of sp³-hybridized carbons (Fsp3) is 0.176. The van der Waals surface area contributed by atoms with Gasteiger partial charge in [0.1, 0.15) is 5.75 Å². The van der Waals surface area contributed by atoms with Crippen LogP contribution in [0.2, 0.25) is 0 Å². The van der Waals surface area contributed by atoms with Crippen molar-refractivity contribution in [2.75, 3.05) is 23.4 Å². The van der Waals surface area contributed by atoms with Crippen molar-refractivity contribution in [3.63, 3.8) is 0 Å². The minimum absolute atomic E-state index is 0.0583. The smallest absolute Gasteiger partial charge is 0.271 e. The summed E-state index contributed by atoms with van der Waals surface area (Å²) in [6.07, 6.45) is 0.0583. The maximum atomic E-state index is 12.1. The van der Waals surface area contributed by atoms with Gasteiger partial charge >= 0.3 is 0 Å². The van der Waals surface area contributed by atoms with Gasteiger partial charge in [-0.3, -0.25) is 19.7 Å². The van der Waals surface area contributed by atoms with Gasteiger partial charge in [-0.2, -0.15) is 0 Å². The van der Waals surface area contributed by atoms with Crippen LogP contribution in [0, 0.1) is 10.1 Å². The van der Waals surface area contributed by atoms with E-state index in [0.717, 1.165) is 0 Å². The molecule has 2 amide bonds. The van der Waals surface area contributed by atoms with Crippen molar-refractivity contribution >= 4 is 28.9 Å². The monoisotopic (exact) mass is 341 g/mol. The molecule has 128 valence electrons. The number of carbonyl (C=O) groups excluding carboxylic acids is 2. The average Bonchev–Trinajstić information content (AvgIpc) is 2.61. The number of amides is 2. The van der Waals surface area contributed by atoms with E-state index < -0.39 is 4.92 Å². The van der Waals surface area contributed by atoms with Gasteiger partial charge < -0.3 is 15.0 Å². The number of benzene rings is 2. The van der Waals surface area contributed by atoms with Crippen LogP contribution in [0.5, 0.6) is 5.75 Å². The Kier molecular flexibility index (Phi) is 4.60. The van der Waals surface area contributed by atoms with Crippen molar-refractivity contribution in [2.24, 2.45) is 0 Å². The van der Waals surface area contributed by atoms with E-state index in [9.17, 15) is 19.7 Å². The van der Waals surface area contributed by atoms with Crippen LogP contribution in [0.1, 0.15) is 6.42 Å². The summed E-state index contributed by atoms with van der Waals surface area (Å²) in [5.74, 6) is 0.0420. The summed E-state index contributed by atoms with van der Waals surface area (Å²) in [6.45, 7) is 0.128. The van der Waals surface area contributed by atoms with E-state index in [1.807, 2.05) is 6.07 Å². The van der Waals surface area contributed by atoms with E-state index in [1.165, 1.54) is 23.1 Å². The molecule has 0 fully saturated rings. The number of anilines is 2. The van der Waals surface area contributed by atoms with Crippen LogP contribution in [-0.4, -0.2) is 29.9 Å². The van der Waals surface area contributed by atoms with Crippen LogP contribution < -0.4 is 15.0 Å². The Bertz CT molecular complexity index is 837. The molecule has 1 aliphatic rings. The first kappa shape index (κ1) is 16.4. The van der Waals surface area contributed by atoms with Crippen LogP contribution in [0.25, 0.3) is 0 Å². The minimum atomic E-state index is -0.529. The zero-order valence-electron chi connectivity index (χ0n) is 13.2. The number of para-hydroxylation sites is 2. The molecule has 0 aromatic heterocycles. The highest BCUT2D eigenvalue weighted by molar-refractivity contribution is 5.99. The molecule has 1 heterocycles. The first-order valence-electron chi connectivity index (χ1n) is 7.61. The number of hydrogen-bond acceptors (Lipinski definition) is 5. The minimum Gasteiger partial charge on any atom is -0.482 e. The zero-order chi connectivity index (χ0) is 17.8. The molecule has 1 aliphatic heterocycles. The Labute approximate surface area is 143 Å². The molecule has 25 heavy (non-hydrogen) atoms. The van der Waals surface area contributed by atoms with Crippen molar-refractivity contribution in [2.45, 2.75) is 6.42 Å². The normalized spacial score (nSPS) is 13.0. The predicted octanol–water partition coefficient (Wildman–Crippen LogP) is 2.35. The summed E-state index contributed by atoms with van der Waals surface area (Å²) in [4.78, 5) is 35.9. The SMILES string of the molecule is O=C(CCN1C(=O)COc2ccccc21)Nc1cccc([N+](=O)[O-])c1. The molecule has 0 saturated carbocycles.